The summed E-state index contributed by atoms with van der Waals surface area (Å²) in [5.74, 6) is 0. The molecule has 12 heavy (non-hydrogen) atoms. The van der Waals surface area contributed by atoms with Crippen molar-refractivity contribution in [3.63, 3.8) is 0 Å². The highest BCUT2D eigenvalue weighted by Crippen LogP contribution is 2.25. The molecule has 1 aliphatic rings. The number of hydrogen-bond acceptors (Lipinski definition) is 3. The predicted molar refractivity (Wildman–Crippen MR) is 48.0 cm³/mol. The zero-order valence-corrected chi connectivity index (χ0v) is 7.99. The number of ether oxygens (including phenoxy) is 1. The summed E-state index contributed by atoms with van der Waals surface area (Å²) in [4.78, 5) is 0. The van der Waals surface area contributed by atoms with E-state index in [1.807, 2.05) is 0 Å². The number of rotatable bonds is 4. The molecule has 0 bridgehead atoms. The smallest absolute Gasteiger partial charge is 0.0662 e. The van der Waals surface area contributed by atoms with Gasteiger partial charge in [-0.15, -0.1) is 0 Å². The van der Waals surface area contributed by atoms with Gasteiger partial charge >= 0.3 is 0 Å². The Hall–Kier alpha value is -0.120. The molecule has 0 heterocycles. The third kappa shape index (κ3) is 7.98. The molecular formula is C9H20O3. The largest absolute Gasteiger partial charge is 0.394 e. The van der Waals surface area contributed by atoms with Gasteiger partial charge in [-0.25, -0.2) is 0 Å². The fourth-order valence-corrected chi connectivity index (χ4v) is 0.629. The molecule has 1 saturated carbocycles. The number of aliphatic hydroxyl groups excluding tert-OH is 2. The van der Waals surface area contributed by atoms with Gasteiger partial charge in [-0.05, 0) is 26.2 Å². The normalized spacial score (nSPS) is 18.0. The highest BCUT2D eigenvalue weighted by molar-refractivity contribution is 4.74. The van der Waals surface area contributed by atoms with Crippen LogP contribution in [0.4, 0.5) is 0 Å². The van der Waals surface area contributed by atoms with Crippen molar-refractivity contribution >= 4 is 0 Å². The van der Waals surface area contributed by atoms with Crippen molar-refractivity contribution < 1.29 is 14.9 Å². The predicted octanol–water partition coefficient (Wildman–Crippen LogP) is 0.935. The Morgan fingerprint density at radius 3 is 2.08 bits per heavy atom. The summed E-state index contributed by atoms with van der Waals surface area (Å²) in [5, 5.41) is 15.2. The van der Waals surface area contributed by atoms with Gasteiger partial charge in [-0.3, -0.25) is 0 Å². The molecule has 3 heteroatoms. The van der Waals surface area contributed by atoms with E-state index in [-0.39, 0.29) is 13.2 Å². The molecular weight excluding hydrogens is 156 g/mol. The van der Waals surface area contributed by atoms with Gasteiger partial charge in [-0.1, -0.05) is 6.92 Å². The first-order valence-corrected chi connectivity index (χ1v) is 4.61. The fourth-order valence-electron chi connectivity index (χ4n) is 0.629. The van der Waals surface area contributed by atoms with Crippen molar-refractivity contribution in [3.05, 3.63) is 0 Å². The maximum atomic E-state index is 7.62. The average Bonchev–Trinajstić information content (AvgIpc) is 2.88. The van der Waals surface area contributed by atoms with Gasteiger partial charge < -0.3 is 14.9 Å². The molecule has 0 aromatic heterocycles. The molecule has 1 atom stereocenters. The molecule has 0 aromatic rings. The lowest BCUT2D eigenvalue weighted by Gasteiger charge is -2.07. The number of hydrogen-bond donors (Lipinski definition) is 2. The van der Waals surface area contributed by atoms with E-state index >= 15 is 0 Å². The molecule has 2 N–H and O–H groups in total. The maximum absolute atomic E-state index is 7.62. The van der Waals surface area contributed by atoms with Crippen LogP contribution in [0.5, 0.6) is 0 Å². The first kappa shape index (κ1) is 11.9. The van der Waals surface area contributed by atoms with Crippen molar-refractivity contribution in [1.29, 1.82) is 0 Å². The van der Waals surface area contributed by atoms with Crippen LogP contribution in [0.3, 0.4) is 0 Å². The lowest BCUT2D eigenvalue weighted by molar-refractivity contribution is 0.0502. The Labute approximate surface area is 74.4 Å². The summed E-state index contributed by atoms with van der Waals surface area (Å²) in [6.07, 6.45) is 4.86. The van der Waals surface area contributed by atoms with E-state index < -0.39 is 0 Å². The van der Waals surface area contributed by atoms with Gasteiger partial charge in [-0.2, -0.15) is 0 Å². The Morgan fingerprint density at radius 2 is 1.83 bits per heavy atom. The van der Waals surface area contributed by atoms with Crippen LogP contribution < -0.4 is 0 Å². The first-order valence-electron chi connectivity index (χ1n) is 4.61. The average molecular weight is 176 g/mol. The van der Waals surface area contributed by atoms with E-state index in [0.29, 0.717) is 12.2 Å². The SMILES string of the molecule is CCC(C)OC1CC1.OCCO. The van der Waals surface area contributed by atoms with Crippen LogP contribution in [0.1, 0.15) is 33.1 Å². The van der Waals surface area contributed by atoms with Crippen LogP contribution in [0, 0.1) is 0 Å². The molecule has 1 unspecified atom stereocenters. The van der Waals surface area contributed by atoms with Crippen LogP contribution in [0.2, 0.25) is 0 Å². The fraction of sp³-hybridized carbons (Fsp3) is 1.00. The minimum atomic E-state index is -0.125. The van der Waals surface area contributed by atoms with Crippen LogP contribution in [0.15, 0.2) is 0 Å². The van der Waals surface area contributed by atoms with Crippen molar-refractivity contribution in [1.82, 2.24) is 0 Å². The van der Waals surface area contributed by atoms with Crippen molar-refractivity contribution in [2.75, 3.05) is 13.2 Å². The standard InChI is InChI=1S/C7H14O.C2H6O2/c1-3-6(2)8-7-4-5-7;3-1-2-4/h6-7H,3-5H2,1-2H3;3-4H,1-2H2. The topological polar surface area (TPSA) is 49.7 Å². The Kier molecular flexibility index (Phi) is 7.45. The van der Waals surface area contributed by atoms with Crippen LogP contribution in [-0.2, 0) is 4.74 Å². The van der Waals surface area contributed by atoms with E-state index in [1.165, 1.54) is 12.8 Å². The second-order valence-electron chi connectivity index (χ2n) is 3.00. The minimum Gasteiger partial charge on any atom is -0.394 e. The highest BCUT2D eigenvalue weighted by atomic mass is 16.5. The lowest BCUT2D eigenvalue weighted by Crippen LogP contribution is -2.07. The van der Waals surface area contributed by atoms with Crippen LogP contribution >= 0.6 is 0 Å². The van der Waals surface area contributed by atoms with Crippen LogP contribution in [0.25, 0.3) is 0 Å². The zero-order valence-electron chi connectivity index (χ0n) is 7.99. The second-order valence-corrected chi connectivity index (χ2v) is 3.00. The summed E-state index contributed by atoms with van der Waals surface area (Å²) in [7, 11) is 0. The monoisotopic (exact) mass is 176 g/mol. The third-order valence-corrected chi connectivity index (χ3v) is 1.62. The summed E-state index contributed by atoms with van der Waals surface area (Å²) in [6, 6.07) is 0. The molecule has 1 fully saturated rings. The van der Waals surface area contributed by atoms with E-state index in [0.717, 1.165) is 6.42 Å². The van der Waals surface area contributed by atoms with E-state index in [9.17, 15) is 0 Å². The summed E-state index contributed by atoms with van der Waals surface area (Å²) >= 11 is 0. The lowest BCUT2D eigenvalue weighted by atomic mass is 10.3. The second kappa shape index (κ2) is 7.53. The number of aliphatic hydroxyl groups is 2. The van der Waals surface area contributed by atoms with E-state index in [4.69, 9.17) is 14.9 Å². The molecule has 74 valence electrons. The molecule has 0 saturated heterocycles. The van der Waals surface area contributed by atoms with Gasteiger partial charge in [0.25, 0.3) is 0 Å². The molecule has 0 radical (unpaired) electrons. The van der Waals surface area contributed by atoms with Gasteiger partial charge in [0.2, 0.25) is 0 Å². The molecule has 3 nitrogen and oxygen atoms in total. The Bertz CT molecular complexity index is 89.8. The van der Waals surface area contributed by atoms with E-state index in [1.54, 1.807) is 0 Å². The minimum absolute atomic E-state index is 0.125. The highest BCUT2D eigenvalue weighted by Gasteiger charge is 2.23. The molecule has 0 aromatic carbocycles. The Morgan fingerprint density at radius 1 is 1.33 bits per heavy atom. The summed E-state index contributed by atoms with van der Waals surface area (Å²) < 4.78 is 5.51. The molecule has 1 aliphatic carbocycles. The van der Waals surface area contributed by atoms with Gasteiger partial charge in [0.1, 0.15) is 0 Å². The Balaban J connectivity index is 0.000000261. The molecule has 0 spiro atoms. The van der Waals surface area contributed by atoms with E-state index in [2.05, 4.69) is 13.8 Å². The molecule has 0 amide bonds. The first-order chi connectivity index (χ1) is 5.74. The van der Waals surface area contributed by atoms with Crippen molar-refractivity contribution in [2.45, 2.75) is 45.3 Å². The summed E-state index contributed by atoms with van der Waals surface area (Å²) in [5.41, 5.74) is 0. The quantitative estimate of drug-likeness (QED) is 0.670. The van der Waals surface area contributed by atoms with Crippen molar-refractivity contribution in [2.24, 2.45) is 0 Å². The third-order valence-electron chi connectivity index (χ3n) is 1.62. The molecule has 0 aliphatic heterocycles. The van der Waals surface area contributed by atoms with Gasteiger partial charge in [0.05, 0.1) is 25.4 Å². The van der Waals surface area contributed by atoms with Crippen LogP contribution in [-0.4, -0.2) is 35.6 Å². The summed E-state index contributed by atoms with van der Waals surface area (Å²) in [6.45, 7) is 4.05. The van der Waals surface area contributed by atoms with Gasteiger partial charge in [0.15, 0.2) is 0 Å². The zero-order chi connectivity index (χ0) is 9.40. The van der Waals surface area contributed by atoms with Gasteiger partial charge in [0, 0.05) is 0 Å². The van der Waals surface area contributed by atoms with Crippen molar-refractivity contribution in [3.8, 4) is 0 Å². The maximum Gasteiger partial charge on any atom is 0.0662 e. The molecule has 1 rings (SSSR count).